The van der Waals surface area contributed by atoms with Crippen molar-refractivity contribution >= 4 is 11.5 Å². The van der Waals surface area contributed by atoms with Gasteiger partial charge >= 0.3 is 0 Å². The average molecular weight is 485 g/mol. The SMILES string of the molecule is CC[C@]1(O)[C@H](O)C[C@H](c2ccncc2CC(=O)c2nc(-c3c(F)cccc3F)ncc2N)O[C@@H]1C. The standard InChI is InChI=1S/C25H26F2N4O4/c1-3-25(34)13(2)35-20(10-21(25)33)15-7-8-29-11-14(15)9-19(32)23-18(28)12-30-24(31-23)22-16(26)5-4-6-17(22)27/h4-8,11-13,20-21,33-34H,3,9-10,28H2,1-2H3/t13-,20-,21-,25-/m1/s1. The van der Waals surface area contributed by atoms with Crippen LogP contribution in [-0.4, -0.2) is 48.8 Å². The highest BCUT2D eigenvalue weighted by Gasteiger charge is 2.47. The van der Waals surface area contributed by atoms with Gasteiger partial charge in [-0.3, -0.25) is 9.78 Å². The van der Waals surface area contributed by atoms with Gasteiger partial charge in [-0.2, -0.15) is 0 Å². The first kappa shape index (κ1) is 24.8. The minimum atomic E-state index is -1.37. The molecule has 0 amide bonds. The van der Waals surface area contributed by atoms with Crippen molar-refractivity contribution in [3.8, 4) is 11.4 Å². The van der Waals surface area contributed by atoms with Crippen molar-refractivity contribution in [2.45, 2.75) is 57.0 Å². The van der Waals surface area contributed by atoms with Crippen LogP contribution < -0.4 is 5.73 Å². The molecule has 184 valence electrons. The van der Waals surface area contributed by atoms with Gasteiger partial charge in [0.1, 0.15) is 22.9 Å². The van der Waals surface area contributed by atoms with Crippen LogP contribution in [0, 0.1) is 11.6 Å². The maximum Gasteiger partial charge on any atom is 0.187 e. The summed E-state index contributed by atoms with van der Waals surface area (Å²) in [7, 11) is 0. The largest absolute Gasteiger partial charge is 0.396 e. The molecular weight excluding hydrogens is 458 g/mol. The summed E-state index contributed by atoms with van der Waals surface area (Å²) >= 11 is 0. The highest BCUT2D eigenvalue weighted by atomic mass is 19.1. The zero-order valence-corrected chi connectivity index (χ0v) is 19.3. The molecule has 0 unspecified atom stereocenters. The van der Waals surface area contributed by atoms with Crippen molar-refractivity contribution in [1.82, 2.24) is 15.0 Å². The van der Waals surface area contributed by atoms with Gasteiger partial charge in [0.2, 0.25) is 0 Å². The molecule has 4 atom stereocenters. The third-order valence-corrected chi connectivity index (χ3v) is 6.56. The highest BCUT2D eigenvalue weighted by molar-refractivity contribution is 6.00. The van der Waals surface area contributed by atoms with E-state index in [1.54, 1.807) is 26.1 Å². The van der Waals surface area contributed by atoms with Crippen LogP contribution in [-0.2, 0) is 11.2 Å². The van der Waals surface area contributed by atoms with Crippen LogP contribution in [0.4, 0.5) is 14.5 Å². The van der Waals surface area contributed by atoms with E-state index in [-0.39, 0.29) is 30.0 Å². The number of carbonyl (C=O) groups excluding carboxylic acids is 1. The summed E-state index contributed by atoms with van der Waals surface area (Å²) in [5, 5.41) is 21.3. The predicted octanol–water partition coefficient (Wildman–Crippen LogP) is 3.18. The lowest BCUT2D eigenvalue weighted by Crippen LogP contribution is -2.56. The zero-order chi connectivity index (χ0) is 25.3. The Hall–Kier alpha value is -3.34. The lowest BCUT2D eigenvalue weighted by Gasteiger charge is -2.45. The van der Waals surface area contributed by atoms with Crippen LogP contribution in [0.5, 0.6) is 0 Å². The number of hydrogen-bond donors (Lipinski definition) is 3. The Morgan fingerprint density at radius 1 is 1.26 bits per heavy atom. The molecule has 4 N–H and O–H groups in total. The summed E-state index contributed by atoms with van der Waals surface area (Å²) < 4.78 is 34.5. The molecule has 10 heteroatoms. The summed E-state index contributed by atoms with van der Waals surface area (Å²) in [6.07, 6.45) is 2.22. The van der Waals surface area contributed by atoms with Crippen LogP contribution in [0.15, 0.2) is 42.9 Å². The molecule has 1 fully saturated rings. The summed E-state index contributed by atoms with van der Waals surface area (Å²) in [6, 6.07) is 5.04. The first-order valence-corrected chi connectivity index (χ1v) is 11.2. The van der Waals surface area contributed by atoms with Crippen molar-refractivity contribution in [3.05, 3.63) is 71.3 Å². The minimum absolute atomic E-state index is 0.0353. The number of ether oxygens (including phenoxy) is 1. The number of anilines is 1. The molecular formula is C25H26F2N4O4. The summed E-state index contributed by atoms with van der Waals surface area (Å²) in [6.45, 7) is 3.46. The van der Waals surface area contributed by atoms with Gasteiger partial charge in [0.15, 0.2) is 11.6 Å². The molecule has 1 aliphatic rings. The van der Waals surface area contributed by atoms with Crippen LogP contribution in [0.25, 0.3) is 11.4 Å². The van der Waals surface area contributed by atoms with Crippen molar-refractivity contribution in [2.75, 3.05) is 5.73 Å². The topological polar surface area (TPSA) is 131 Å². The van der Waals surface area contributed by atoms with Gasteiger partial charge in [-0.1, -0.05) is 13.0 Å². The molecule has 3 aromatic rings. The Morgan fingerprint density at radius 2 is 1.97 bits per heavy atom. The molecule has 4 rings (SSSR count). The van der Waals surface area contributed by atoms with Gasteiger partial charge in [0.05, 0.1) is 35.8 Å². The molecule has 0 aliphatic carbocycles. The van der Waals surface area contributed by atoms with E-state index in [0.29, 0.717) is 17.5 Å². The Morgan fingerprint density at radius 3 is 2.63 bits per heavy atom. The number of hydrogen-bond acceptors (Lipinski definition) is 8. The number of nitrogens with zero attached hydrogens (tertiary/aromatic N) is 3. The first-order chi connectivity index (χ1) is 16.7. The number of benzene rings is 1. The van der Waals surface area contributed by atoms with Gasteiger partial charge < -0.3 is 20.7 Å². The normalized spacial score (nSPS) is 24.3. The van der Waals surface area contributed by atoms with Crippen LogP contribution in [0.3, 0.4) is 0 Å². The number of pyridine rings is 1. The molecule has 3 heterocycles. The molecule has 0 spiro atoms. The van der Waals surface area contributed by atoms with Gasteiger partial charge in [-0.25, -0.2) is 18.7 Å². The van der Waals surface area contributed by atoms with E-state index in [2.05, 4.69) is 15.0 Å². The van der Waals surface area contributed by atoms with Crippen molar-refractivity contribution in [2.24, 2.45) is 0 Å². The number of nitrogen functional groups attached to an aromatic ring is 1. The highest BCUT2D eigenvalue weighted by Crippen LogP contribution is 2.39. The van der Waals surface area contributed by atoms with Crippen LogP contribution >= 0.6 is 0 Å². The molecule has 0 radical (unpaired) electrons. The fraction of sp³-hybridized carbons (Fsp3) is 0.360. The predicted molar refractivity (Wildman–Crippen MR) is 123 cm³/mol. The summed E-state index contributed by atoms with van der Waals surface area (Å²) in [5.74, 6) is -2.53. The van der Waals surface area contributed by atoms with Gasteiger partial charge in [0.25, 0.3) is 0 Å². The van der Waals surface area contributed by atoms with Crippen molar-refractivity contribution in [1.29, 1.82) is 0 Å². The van der Waals surface area contributed by atoms with E-state index < -0.39 is 46.9 Å². The van der Waals surface area contributed by atoms with E-state index in [1.807, 2.05) is 0 Å². The lowest BCUT2D eigenvalue weighted by atomic mass is 9.81. The maximum atomic E-state index is 14.2. The number of Topliss-reactive ketones (excluding diaryl/α,β-unsaturated/α-hetero) is 1. The van der Waals surface area contributed by atoms with Crippen LogP contribution in [0.2, 0.25) is 0 Å². The average Bonchev–Trinajstić information content (AvgIpc) is 2.83. The third-order valence-electron chi connectivity index (χ3n) is 6.56. The number of aliphatic hydroxyl groups is 2. The van der Waals surface area contributed by atoms with E-state index in [4.69, 9.17) is 10.5 Å². The number of nitrogens with two attached hydrogens (primary N) is 1. The summed E-state index contributed by atoms with van der Waals surface area (Å²) in [5.41, 5.74) is 5.04. The number of aromatic nitrogens is 3. The Bertz CT molecular complexity index is 1220. The molecule has 0 bridgehead atoms. The smallest absolute Gasteiger partial charge is 0.187 e. The van der Waals surface area contributed by atoms with E-state index in [9.17, 15) is 23.8 Å². The number of carbonyl (C=O) groups is 1. The molecule has 1 aliphatic heterocycles. The number of ketones is 1. The lowest BCUT2D eigenvalue weighted by molar-refractivity contribution is -0.224. The zero-order valence-electron chi connectivity index (χ0n) is 19.3. The quantitative estimate of drug-likeness (QED) is 0.455. The molecule has 0 saturated carbocycles. The van der Waals surface area contributed by atoms with Gasteiger partial charge in [-0.15, -0.1) is 0 Å². The Balaban J connectivity index is 1.63. The van der Waals surface area contributed by atoms with Crippen molar-refractivity contribution < 1.29 is 28.5 Å². The van der Waals surface area contributed by atoms with Gasteiger partial charge in [-0.05, 0) is 42.7 Å². The summed E-state index contributed by atoms with van der Waals surface area (Å²) in [4.78, 5) is 25.2. The van der Waals surface area contributed by atoms with E-state index >= 15 is 0 Å². The minimum Gasteiger partial charge on any atom is -0.396 e. The molecule has 8 nitrogen and oxygen atoms in total. The third kappa shape index (κ3) is 4.64. The van der Waals surface area contributed by atoms with E-state index in [1.165, 1.54) is 12.3 Å². The number of aliphatic hydroxyl groups excluding tert-OH is 1. The van der Waals surface area contributed by atoms with Crippen molar-refractivity contribution in [3.63, 3.8) is 0 Å². The Labute approximate surface area is 200 Å². The fourth-order valence-corrected chi connectivity index (χ4v) is 4.42. The second kappa shape index (κ2) is 9.73. The second-order valence-electron chi connectivity index (χ2n) is 8.63. The van der Waals surface area contributed by atoms with Crippen LogP contribution in [0.1, 0.15) is 54.4 Å². The monoisotopic (exact) mass is 484 g/mol. The van der Waals surface area contributed by atoms with Gasteiger partial charge in [0, 0.05) is 25.2 Å². The molecule has 1 aromatic carbocycles. The fourth-order valence-electron chi connectivity index (χ4n) is 4.42. The van der Waals surface area contributed by atoms with E-state index in [0.717, 1.165) is 18.3 Å². The molecule has 1 saturated heterocycles. The number of rotatable bonds is 6. The maximum absolute atomic E-state index is 14.2. The molecule has 2 aromatic heterocycles. The number of halogens is 2. The molecule has 35 heavy (non-hydrogen) atoms. The first-order valence-electron chi connectivity index (χ1n) is 11.2. The second-order valence-corrected chi connectivity index (χ2v) is 8.63. The Kier molecular flexibility index (Phi) is 6.88.